The predicted molar refractivity (Wildman–Crippen MR) is 86.4 cm³/mol. The topological polar surface area (TPSA) is 49.8 Å². The zero-order chi connectivity index (χ0) is 17.1. The summed E-state index contributed by atoms with van der Waals surface area (Å²) in [7, 11) is 0. The third-order valence-electron chi connectivity index (χ3n) is 3.83. The van der Waals surface area contributed by atoms with Crippen molar-refractivity contribution in [1.29, 1.82) is 0 Å². The fourth-order valence-electron chi connectivity index (χ4n) is 2.63. The summed E-state index contributed by atoms with van der Waals surface area (Å²) >= 11 is 0. The molecule has 0 aromatic heterocycles. The van der Waals surface area contributed by atoms with Gasteiger partial charge in [0.25, 0.3) is 0 Å². The first kappa shape index (κ1) is 16.0. The second-order valence-electron chi connectivity index (χ2n) is 5.35. The molecule has 2 aromatic rings. The summed E-state index contributed by atoms with van der Waals surface area (Å²) in [6, 6.07) is 13.2. The average Bonchev–Trinajstić information content (AvgIpc) is 3.05. The van der Waals surface area contributed by atoms with Crippen LogP contribution in [-0.4, -0.2) is 24.2 Å². The molecular formula is C18H15F2NO3. The van der Waals surface area contributed by atoms with Gasteiger partial charge in [0.05, 0.1) is 5.56 Å². The van der Waals surface area contributed by atoms with Crippen LogP contribution in [-0.2, 0) is 0 Å². The predicted octanol–water partition coefficient (Wildman–Crippen LogP) is 4.24. The molecule has 124 valence electrons. The number of rotatable bonds is 5. The van der Waals surface area contributed by atoms with E-state index >= 15 is 0 Å². The summed E-state index contributed by atoms with van der Waals surface area (Å²) in [5, 5.41) is 8.93. The number of benzene rings is 2. The SMILES string of the molecule is O=C(O)c1ccc(C2=CN(c3ccc(OC(F)F)cc3)CC2)cc1. The van der Waals surface area contributed by atoms with Crippen LogP contribution in [0.4, 0.5) is 14.5 Å². The number of anilines is 1. The zero-order valence-electron chi connectivity index (χ0n) is 12.7. The second-order valence-corrected chi connectivity index (χ2v) is 5.35. The summed E-state index contributed by atoms with van der Waals surface area (Å²) in [5.41, 5.74) is 3.21. The molecule has 0 aliphatic carbocycles. The monoisotopic (exact) mass is 331 g/mol. The molecule has 6 heteroatoms. The number of hydrogen-bond acceptors (Lipinski definition) is 3. The van der Waals surface area contributed by atoms with Gasteiger partial charge < -0.3 is 14.7 Å². The summed E-state index contributed by atoms with van der Waals surface area (Å²) in [6.45, 7) is -2.06. The first-order valence-corrected chi connectivity index (χ1v) is 7.39. The minimum atomic E-state index is -2.83. The first-order chi connectivity index (χ1) is 11.5. The molecule has 0 bridgehead atoms. The van der Waals surface area contributed by atoms with Crippen molar-refractivity contribution in [1.82, 2.24) is 0 Å². The smallest absolute Gasteiger partial charge is 0.387 e. The Labute approximate surface area is 137 Å². The summed E-state index contributed by atoms with van der Waals surface area (Å²) < 4.78 is 28.7. The molecule has 0 atom stereocenters. The van der Waals surface area contributed by atoms with Gasteiger partial charge in [-0.1, -0.05) is 12.1 Å². The Hall–Kier alpha value is -2.89. The standard InChI is InChI=1S/C18H15F2NO3/c19-18(20)24-16-7-5-15(6-8-16)21-10-9-14(11-21)12-1-3-13(4-2-12)17(22)23/h1-8,11,18H,9-10H2,(H,22,23). The molecular weight excluding hydrogens is 316 g/mol. The number of ether oxygens (including phenoxy) is 1. The highest BCUT2D eigenvalue weighted by Crippen LogP contribution is 2.30. The van der Waals surface area contributed by atoms with Crippen LogP contribution in [0.3, 0.4) is 0 Å². The quantitative estimate of drug-likeness (QED) is 0.890. The molecule has 1 heterocycles. The van der Waals surface area contributed by atoms with Crippen molar-refractivity contribution in [3.63, 3.8) is 0 Å². The van der Waals surface area contributed by atoms with Crippen molar-refractivity contribution in [2.45, 2.75) is 13.0 Å². The minimum absolute atomic E-state index is 0.126. The lowest BCUT2D eigenvalue weighted by molar-refractivity contribution is -0.0498. The Morgan fingerprint density at radius 3 is 2.33 bits per heavy atom. The number of halogens is 2. The van der Waals surface area contributed by atoms with E-state index in [4.69, 9.17) is 5.11 Å². The Morgan fingerprint density at radius 1 is 1.08 bits per heavy atom. The third kappa shape index (κ3) is 3.53. The van der Waals surface area contributed by atoms with Gasteiger partial charge in [-0.25, -0.2) is 4.79 Å². The Kier molecular flexibility index (Phi) is 4.46. The Balaban J connectivity index is 1.74. The van der Waals surface area contributed by atoms with Gasteiger partial charge in [-0.05, 0) is 54.0 Å². The van der Waals surface area contributed by atoms with Crippen LogP contribution in [0.15, 0.2) is 54.7 Å². The average molecular weight is 331 g/mol. The highest BCUT2D eigenvalue weighted by molar-refractivity contribution is 5.88. The Bertz CT molecular complexity index is 755. The molecule has 0 amide bonds. The van der Waals surface area contributed by atoms with E-state index in [2.05, 4.69) is 4.74 Å². The number of carbonyl (C=O) groups is 1. The summed E-state index contributed by atoms with van der Waals surface area (Å²) in [6.07, 6.45) is 2.81. The van der Waals surface area contributed by atoms with Gasteiger partial charge in [-0.15, -0.1) is 0 Å². The highest BCUT2D eigenvalue weighted by atomic mass is 19.3. The van der Waals surface area contributed by atoms with E-state index in [1.807, 2.05) is 11.1 Å². The van der Waals surface area contributed by atoms with Crippen molar-refractivity contribution in [3.8, 4) is 5.75 Å². The lowest BCUT2D eigenvalue weighted by atomic mass is 10.0. The van der Waals surface area contributed by atoms with Crippen LogP contribution < -0.4 is 9.64 Å². The van der Waals surface area contributed by atoms with Gasteiger partial charge in [0.1, 0.15) is 5.75 Å². The van der Waals surface area contributed by atoms with E-state index < -0.39 is 12.6 Å². The molecule has 0 saturated heterocycles. The second kappa shape index (κ2) is 6.70. The lowest BCUT2D eigenvalue weighted by Crippen LogP contribution is -2.11. The number of carboxylic acids is 1. The van der Waals surface area contributed by atoms with E-state index in [1.165, 1.54) is 12.1 Å². The van der Waals surface area contributed by atoms with Gasteiger partial charge in [0.2, 0.25) is 0 Å². The Morgan fingerprint density at radius 2 is 1.75 bits per heavy atom. The normalized spacial score (nSPS) is 14.0. The molecule has 0 unspecified atom stereocenters. The van der Waals surface area contributed by atoms with E-state index in [0.29, 0.717) is 0 Å². The molecule has 0 fully saturated rings. The number of nitrogens with zero attached hydrogens (tertiary/aromatic N) is 1. The van der Waals surface area contributed by atoms with Gasteiger partial charge in [0, 0.05) is 18.4 Å². The molecule has 1 N–H and O–H groups in total. The van der Waals surface area contributed by atoms with Gasteiger partial charge in [-0.2, -0.15) is 8.78 Å². The van der Waals surface area contributed by atoms with Crippen LogP contribution in [0.5, 0.6) is 5.75 Å². The van der Waals surface area contributed by atoms with Crippen molar-refractivity contribution in [3.05, 3.63) is 65.9 Å². The molecule has 24 heavy (non-hydrogen) atoms. The van der Waals surface area contributed by atoms with Crippen molar-refractivity contribution < 1.29 is 23.4 Å². The number of hydrogen-bond donors (Lipinski definition) is 1. The van der Waals surface area contributed by atoms with Gasteiger partial charge >= 0.3 is 12.6 Å². The van der Waals surface area contributed by atoms with Crippen molar-refractivity contribution in [2.75, 3.05) is 11.4 Å². The molecule has 1 aliphatic heterocycles. The number of aromatic carboxylic acids is 1. The van der Waals surface area contributed by atoms with Gasteiger partial charge in [-0.3, -0.25) is 0 Å². The third-order valence-corrected chi connectivity index (χ3v) is 3.83. The highest BCUT2D eigenvalue weighted by Gasteiger charge is 2.16. The summed E-state index contributed by atoms with van der Waals surface area (Å²) in [4.78, 5) is 12.9. The first-order valence-electron chi connectivity index (χ1n) is 7.39. The van der Waals surface area contributed by atoms with Crippen LogP contribution in [0.2, 0.25) is 0 Å². The van der Waals surface area contributed by atoms with Gasteiger partial charge in [0.15, 0.2) is 0 Å². The van der Waals surface area contributed by atoms with Crippen LogP contribution in [0.25, 0.3) is 5.57 Å². The molecule has 4 nitrogen and oxygen atoms in total. The van der Waals surface area contributed by atoms with Crippen LogP contribution in [0, 0.1) is 0 Å². The maximum absolute atomic E-state index is 12.2. The molecule has 3 rings (SSSR count). The molecule has 1 aliphatic rings. The van der Waals surface area contributed by atoms with Crippen LogP contribution >= 0.6 is 0 Å². The van der Waals surface area contributed by atoms with E-state index in [1.54, 1.807) is 36.4 Å². The van der Waals surface area contributed by atoms with Crippen molar-refractivity contribution in [2.24, 2.45) is 0 Å². The van der Waals surface area contributed by atoms with Crippen molar-refractivity contribution >= 4 is 17.2 Å². The molecule has 2 aromatic carbocycles. The number of alkyl halides is 2. The van der Waals surface area contributed by atoms with E-state index in [-0.39, 0.29) is 11.3 Å². The maximum Gasteiger partial charge on any atom is 0.387 e. The maximum atomic E-state index is 12.2. The van der Waals surface area contributed by atoms with E-state index in [0.717, 1.165) is 29.8 Å². The summed E-state index contributed by atoms with van der Waals surface area (Å²) in [5.74, 6) is -0.823. The largest absolute Gasteiger partial charge is 0.478 e. The zero-order valence-corrected chi connectivity index (χ0v) is 12.7. The lowest BCUT2D eigenvalue weighted by Gasteiger charge is -2.15. The molecule has 0 spiro atoms. The minimum Gasteiger partial charge on any atom is -0.478 e. The number of carboxylic acid groups (broad SMARTS) is 1. The fraction of sp³-hybridized carbons (Fsp3) is 0.167. The fourth-order valence-corrected chi connectivity index (χ4v) is 2.63. The van der Waals surface area contributed by atoms with E-state index in [9.17, 15) is 13.6 Å². The van der Waals surface area contributed by atoms with Crippen LogP contribution in [0.1, 0.15) is 22.3 Å². The molecule has 0 radical (unpaired) electrons. The molecule has 0 saturated carbocycles.